The highest BCUT2D eigenvalue weighted by molar-refractivity contribution is 8.00. The zero-order chi connectivity index (χ0) is 18.8. The number of carbonyl (C=O) groups excluding carboxylic acids is 1. The molecule has 0 fully saturated rings. The van der Waals surface area contributed by atoms with Crippen LogP contribution in [0.1, 0.15) is 34.8 Å². The molecule has 0 saturated carbocycles. The molecule has 7 heteroatoms. The number of hydrogen-bond acceptors (Lipinski definition) is 6. The lowest BCUT2D eigenvalue weighted by molar-refractivity contribution is 0.0993. The van der Waals surface area contributed by atoms with Crippen molar-refractivity contribution in [2.45, 2.75) is 36.6 Å². The van der Waals surface area contributed by atoms with E-state index in [1.54, 1.807) is 11.8 Å². The van der Waals surface area contributed by atoms with Gasteiger partial charge in [0.2, 0.25) is 5.16 Å². The number of nitrogens with zero attached hydrogens (tertiary/aromatic N) is 4. The minimum Gasteiger partial charge on any atom is -0.497 e. The van der Waals surface area contributed by atoms with Crippen molar-refractivity contribution in [2.75, 3.05) is 7.11 Å². The van der Waals surface area contributed by atoms with Crippen molar-refractivity contribution < 1.29 is 9.53 Å². The Morgan fingerprint density at radius 3 is 2.70 bits per heavy atom. The molecule has 1 aromatic heterocycles. The molecular formula is C20H20N4O2S. The Bertz CT molecular complexity index is 968. The van der Waals surface area contributed by atoms with E-state index in [1.807, 2.05) is 43.3 Å². The predicted molar refractivity (Wildman–Crippen MR) is 104 cm³/mol. The van der Waals surface area contributed by atoms with Gasteiger partial charge in [0.1, 0.15) is 5.75 Å². The molecule has 0 radical (unpaired) electrons. The van der Waals surface area contributed by atoms with Gasteiger partial charge < -0.3 is 4.74 Å². The van der Waals surface area contributed by atoms with Crippen LogP contribution in [0, 0.1) is 0 Å². The molecule has 6 nitrogen and oxygen atoms in total. The van der Waals surface area contributed by atoms with Crippen molar-refractivity contribution in [3.63, 3.8) is 0 Å². The molecule has 0 saturated heterocycles. The fraction of sp³-hybridized carbons (Fsp3) is 0.300. The molecule has 27 heavy (non-hydrogen) atoms. The van der Waals surface area contributed by atoms with Gasteiger partial charge in [0.05, 0.1) is 18.0 Å². The Labute approximate surface area is 161 Å². The average Bonchev–Trinajstić information content (AvgIpc) is 3.36. The van der Waals surface area contributed by atoms with E-state index in [0.717, 1.165) is 29.8 Å². The van der Waals surface area contributed by atoms with Crippen molar-refractivity contribution in [1.82, 2.24) is 20.2 Å². The van der Waals surface area contributed by atoms with Gasteiger partial charge in [0, 0.05) is 5.56 Å². The highest BCUT2D eigenvalue weighted by Crippen LogP contribution is 2.28. The standard InChI is InChI=1S/C20H20N4O2S/c1-13(19(25)16-7-6-14-4-3-5-15(14)12-16)27-20-21-22-23-24(20)17-8-10-18(26-2)11-9-17/h6-13H,3-5H2,1-2H3/t13-/m1/s1. The van der Waals surface area contributed by atoms with E-state index in [2.05, 4.69) is 21.6 Å². The van der Waals surface area contributed by atoms with E-state index in [-0.39, 0.29) is 11.0 Å². The number of Topliss-reactive ketones (excluding diaryl/α,β-unsaturated/α-hetero) is 1. The maximum Gasteiger partial charge on any atom is 0.214 e. The van der Waals surface area contributed by atoms with Gasteiger partial charge in [-0.2, -0.15) is 4.68 Å². The summed E-state index contributed by atoms with van der Waals surface area (Å²) < 4.78 is 6.82. The Kier molecular flexibility index (Phi) is 4.94. The number of thioether (sulfide) groups is 1. The van der Waals surface area contributed by atoms with Crippen LogP contribution in [-0.4, -0.2) is 38.4 Å². The molecule has 0 N–H and O–H groups in total. The van der Waals surface area contributed by atoms with Crippen LogP contribution in [0.5, 0.6) is 5.75 Å². The van der Waals surface area contributed by atoms with E-state index in [1.165, 1.54) is 29.3 Å². The lowest BCUT2D eigenvalue weighted by atomic mass is 10.0. The average molecular weight is 380 g/mol. The zero-order valence-corrected chi connectivity index (χ0v) is 16.1. The summed E-state index contributed by atoms with van der Waals surface area (Å²) in [5, 5.41) is 12.2. The van der Waals surface area contributed by atoms with Crippen LogP contribution in [0.25, 0.3) is 5.69 Å². The van der Waals surface area contributed by atoms with Gasteiger partial charge >= 0.3 is 0 Å². The van der Waals surface area contributed by atoms with E-state index in [9.17, 15) is 4.79 Å². The number of tetrazole rings is 1. The minimum atomic E-state index is -0.285. The first-order valence-electron chi connectivity index (χ1n) is 8.91. The van der Waals surface area contributed by atoms with Crippen molar-refractivity contribution in [3.05, 3.63) is 59.2 Å². The van der Waals surface area contributed by atoms with Crippen molar-refractivity contribution in [2.24, 2.45) is 0 Å². The molecule has 1 heterocycles. The number of carbonyl (C=O) groups is 1. The third kappa shape index (κ3) is 3.60. The van der Waals surface area contributed by atoms with Crippen LogP contribution in [0.2, 0.25) is 0 Å². The normalized spacial score (nSPS) is 14.0. The summed E-state index contributed by atoms with van der Waals surface area (Å²) in [6.07, 6.45) is 3.35. The zero-order valence-electron chi connectivity index (χ0n) is 15.3. The Hall–Kier alpha value is -2.67. The highest BCUT2D eigenvalue weighted by atomic mass is 32.2. The molecule has 3 aromatic rings. The molecule has 0 unspecified atom stereocenters. The number of aromatic nitrogens is 4. The summed E-state index contributed by atoms with van der Waals surface area (Å²) >= 11 is 1.36. The van der Waals surface area contributed by atoms with Crippen LogP contribution in [0.15, 0.2) is 47.6 Å². The Morgan fingerprint density at radius 1 is 1.15 bits per heavy atom. The molecule has 1 atom stereocenters. The van der Waals surface area contributed by atoms with Crippen LogP contribution in [-0.2, 0) is 12.8 Å². The lowest BCUT2D eigenvalue weighted by Crippen LogP contribution is -2.15. The number of fused-ring (bicyclic) bond motifs is 1. The topological polar surface area (TPSA) is 69.9 Å². The molecule has 0 aliphatic heterocycles. The second kappa shape index (κ2) is 7.52. The summed E-state index contributed by atoms with van der Waals surface area (Å²) in [6.45, 7) is 1.90. The van der Waals surface area contributed by atoms with Gasteiger partial charge in [0.25, 0.3) is 0 Å². The first-order valence-corrected chi connectivity index (χ1v) is 9.79. The molecule has 0 bridgehead atoms. The van der Waals surface area contributed by atoms with Crippen molar-refractivity contribution in [3.8, 4) is 11.4 Å². The number of ether oxygens (including phenoxy) is 1. The quantitative estimate of drug-likeness (QED) is 0.481. The molecule has 0 amide bonds. The van der Waals surface area contributed by atoms with E-state index in [0.29, 0.717) is 5.16 Å². The van der Waals surface area contributed by atoms with Crippen molar-refractivity contribution >= 4 is 17.5 Å². The molecular weight excluding hydrogens is 360 g/mol. The largest absolute Gasteiger partial charge is 0.497 e. The van der Waals surface area contributed by atoms with Gasteiger partial charge in [-0.1, -0.05) is 23.9 Å². The summed E-state index contributed by atoms with van der Waals surface area (Å²) in [6, 6.07) is 13.5. The Balaban J connectivity index is 1.52. The van der Waals surface area contributed by atoms with E-state index < -0.39 is 0 Å². The first-order chi connectivity index (χ1) is 13.2. The fourth-order valence-electron chi connectivity index (χ4n) is 3.31. The van der Waals surface area contributed by atoms with E-state index >= 15 is 0 Å². The van der Waals surface area contributed by atoms with Gasteiger partial charge in [-0.05, 0) is 78.1 Å². The Morgan fingerprint density at radius 2 is 1.93 bits per heavy atom. The number of rotatable bonds is 6. The molecule has 138 valence electrons. The molecule has 1 aliphatic rings. The number of methoxy groups -OCH3 is 1. The number of hydrogen-bond donors (Lipinski definition) is 0. The monoisotopic (exact) mass is 380 g/mol. The first kappa shape index (κ1) is 17.7. The lowest BCUT2D eigenvalue weighted by Gasteiger charge is -2.11. The summed E-state index contributed by atoms with van der Waals surface area (Å²) in [5.74, 6) is 0.861. The predicted octanol–water partition coefficient (Wildman–Crippen LogP) is 3.52. The summed E-state index contributed by atoms with van der Waals surface area (Å²) in [7, 11) is 1.62. The molecule has 4 rings (SSSR count). The van der Waals surface area contributed by atoms with Gasteiger partial charge in [-0.3, -0.25) is 4.79 Å². The minimum absolute atomic E-state index is 0.0963. The highest BCUT2D eigenvalue weighted by Gasteiger charge is 2.22. The van der Waals surface area contributed by atoms with E-state index in [4.69, 9.17) is 4.74 Å². The van der Waals surface area contributed by atoms with Crippen LogP contribution in [0.4, 0.5) is 0 Å². The molecule has 0 spiro atoms. The fourth-order valence-corrected chi connectivity index (χ4v) is 4.19. The third-order valence-corrected chi connectivity index (χ3v) is 5.83. The van der Waals surface area contributed by atoms with Gasteiger partial charge in [0.15, 0.2) is 5.78 Å². The van der Waals surface area contributed by atoms with Gasteiger partial charge in [-0.25, -0.2) is 0 Å². The van der Waals surface area contributed by atoms with Crippen molar-refractivity contribution in [1.29, 1.82) is 0 Å². The number of benzene rings is 2. The second-order valence-corrected chi connectivity index (χ2v) is 7.84. The molecule has 1 aliphatic carbocycles. The maximum atomic E-state index is 12.9. The third-order valence-electron chi connectivity index (χ3n) is 4.79. The number of aryl methyl sites for hydroxylation is 2. The molecule has 2 aromatic carbocycles. The summed E-state index contributed by atoms with van der Waals surface area (Å²) in [5.41, 5.74) is 4.26. The van der Waals surface area contributed by atoms with Crippen LogP contribution in [0.3, 0.4) is 0 Å². The maximum absolute atomic E-state index is 12.9. The van der Waals surface area contributed by atoms with Crippen LogP contribution >= 0.6 is 11.8 Å². The SMILES string of the molecule is COc1ccc(-n2nnnc2S[C@H](C)C(=O)c2ccc3c(c2)CCC3)cc1. The van der Waals surface area contributed by atoms with Gasteiger partial charge in [-0.15, -0.1) is 5.10 Å². The van der Waals surface area contributed by atoms with Crippen LogP contribution < -0.4 is 4.74 Å². The summed E-state index contributed by atoms with van der Waals surface area (Å²) in [4.78, 5) is 12.9. The second-order valence-electron chi connectivity index (χ2n) is 6.53. The number of ketones is 1. The smallest absolute Gasteiger partial charge is 0.214 e.